The Morgan fingerprint density at radius 1 is 1.38 bits per heavy atom. The Bertz CT molecular complexity index is 392. The summed E-state index contributed by atoms with van der Waals surface area (Å²) in [5.74, 6) is 0. The molecule has 0 atom stereocenters. The van der Waals surface area contributed by atoms with Crippen molar-refractivity contribution in [1.82, 2.24) is 9.61 Å². The average molecular weight is 175 g/mol. The molecule has 2 heterocycles. The third-order valence-corrected chi connectivity index (χ3v) is 2.17. The zero-order valence-electron chi connectivity index (χ0n) is 7.48. The van der Waals surface area contributed by atoms with Crippen molar-refractivity contribution in [2.24, 2.45) is 5.73 Å². The van der Waals surface area contributed by atoms with Crippen molar-refractivity contribution in [1.29, 1.82) is 0 Å². The van der Waals surface area contributed by atoms with Crippen LogP contribution in [-0.2, 0) is 6.42 Å². The van der Waals surface area contributed by atoms with Crippen LogP contribution in [0.5, 0.6) is 0 Å². The lowest BCUT2D eigenvalue weighted by atomic mass is 10.1. The van der Waals surface area contributed by atoms with Gasteiger partial charge in [0.15, 0.2) is 0 Å². The Morgan fingerprint density at radius 2 is 2.31 bits per heavy atom. The van der Waals surface area contributed by atoms with Gasteiger partial charge in [-0.3, -0.25) is 0 Å². The number of fused-ring (bicyclic) bond motifs is 1. The fourth-order valence-corrected chi connectivity index (χ4v) is 1.52. The summed E-state index contributed by atoms with van der Waals surface area (Å²) in [6.45, 7) is 0.745. The van der Waals surface area contributed by atoms with E-state index in [9.17, 15) is 0 Å². The number of pyridine rings is 1. The summed E-state index contributed by atoms with van der Waals surface area (Å²) in [5, 5.41) is 4.17. The van der Waals surface area contributed by atoms with Crippen molar-refractivity contribution in [3.05, 3.63) is 36.2 Å². The van der Waals surface area contributed by atoms with Crippen LogP contribution >= 0.6 is 0 Å². The average Bonchev–Trinajstić information content (AvgIpc) is 2.62. The molecule has 0 aliphatic carbocycles. The van der Waals surface area contributed by atoms with Gasteiger partial charge in [0.05, 0.1) is 5.52 Å². The van der Waals surface area contributed by atoms with E-state index >= 15 is 0 Å². The van der Waals surface area contributed by atoms with Gasteiger partial charge in [-0.15, -0.1) is 0 Å². The Morgan fingerprint density at radius 3 is 3.15 bits per heavy atom. The van der Waals surface area contributed by atoms with E-state index in [0.29, 0.717) is 0 Å². The molecular formula is C10H13N3. The van der Waals surface area contributed by atoms with Crippen LogP contribution in [0.3, 0.4) is 0 Å². The zero-order chi connectivity index (χ0) is 9.10. The van der Waals surface area contributed by atoms with E-state index in [1.54, 1.807) is 0 Å². The highest BCUT2D eigenvalue weighted by molar-refractivity contribution is 5.53. The Labute approximate surface area is 77.2 Å². The maximum absolute atomic E-state index is 5.47. The van der Waals surface area contributed by atoms with Gasteiger partial charge in [0.25, 0.3) is 0 Å². The lowest BCUT2D eigenvalue weighted by Crippen LogP contribution is -2.01. The minimum Gasteiger partial charge on any atom is -0.330 e. The standard InChI is InChI=1S/C10H13N3/c11-6-1-3-9-4-2-8-13-10(9)5-7-12-13/h2,4-5,7-8H,1,3,6,11H2. The van der Waals surface area contributed by atoms with E-state index in [2.05, 4.69) is 11.2 Å². The lowest BCUT2D eigenvalue weighted by Gasteiger charge is -2.01. The number of nitrogens with two attached hydrogens (primary N) is 1. The molecule has 0 fully saturated rings. The number of hydrogen-bond acceptors (Lipinski definition) is 2. The summed E-state index contributed by atoms with van der Waals surface area (Å²) in [5.41, 5.74) is 7.99. The highest BCUT2D eigenvalue weighted by atomic mass is 15.2. The smallest absolute Gasteiger partial charge is 0.0693 e. The minimum atomic E-state index is 0.745. The van der Waals surface area contributed by atoms with Crippen molar-refractivity contribution < 1.29 is 0 Å². The molecule has 0 bridgehead atoms. The van der Waals surface area contributed by atoms with Crippen LogP contribution < -0.4 is 5.73 Å². The number of aromatic nitrogens is 2. The molecule has 0 aromatic carbocycles. The first-order chi connectivity index (χ1) is 6.42. The van der Waals surface area contributed by atoms with Gasteiger partial charge in [-0.05, 0) is 37.1 Å². The van der Waals surface area contributed by atoms with Gasteiger partial charge in [0.2, 0.25) is 0 Å². The quantitative estimate of drug-likeness (QED) is 0.762. The Balaban J connectivity index is 2.37. The topological polar surface area (TPSA) is 43.3 Å². The molecule has 0 spiro atoms. The Kier molecular flexibility index (Phi) is 2.27. The zero-order valence-corrected chi connectivity index (χ0v) is 7.48. The molecular weight excluding hydrogens is 162 g/mol. The van der Waals surface area contributed by atoms with Gasteiger partial charge in [0.1, 0.15) is 0 Å². The second-order valence-electron chi connectivity index (χ2n) is 3.09. The molecule has 0 radical (unpaired) electrons. The maximum atomic E-state index is 5.47. The molecule has 2 rings (SSSR count). The molecule has 0 saturated carbocycles. The van der Waals surface area contributed by atoms with Crippen LogP contribution in [0.1, 0.15) is 12.0 Å². The van der Waals surface area contributed by atoms with E-state index in [-0.39, 0.29) is 0 Å². The van der Waals surface area contributed by atoms with Gasteiger partial charge in [-0.1, -0.05) is 6.07 Å². The van der Waals surface area contributed by atoms with Crippen LogP contribution in [0.4, 0.5) is 0 Å². The van der Waals surface area contributed by atoms with E-state index in [1.807, 2.05) is 29.0 Å². The van der Waals surface area contributed by atoms with Gasteiger partial charge in [-0.25, -0.2) is 4.52 Å². The molecule has 0 aliphatic rings. The monoisotopic (exact) mass is 175 g/mol. The lowest BCUT2D eigenvalue weighted by molar-refractivity contribution is 0.828. The van der Waals surface area contributed by atoms with E-state index in [0.717, 1.165) is 19.4 Å². The summed E-state index contributed by atoms with van der Waals surface area (Å²) in [6.07, 6.45) is 5.85. The first kappa shape index (κ1) is 8.26. The van der Waals surface area contributed by atoms with Crippen LogP contribution in [0.2, 0.25) is 0 Å². The molecule has 68 valence electrons. The second kappa shape index (κ2) is 3.58. The SMILES string of the molecule is NCCCc1cccn2nccc12. The van der Waals surface area contributed by atoms with Crippen LogP contribution in [0.25, 0.3) is 5.52 Å². The molecule has 3 nitrogen and oxygen atoms in total. The summed E-state index contributed by atoms with van der Waals surface area (Å²) in [4.78, 5) is 0. The van der Waals surface area contributed by atoms with Crippen molar-refractivity contribution in [2.45, 2.75) is 12.8 Å². The largest absolute Gasteiger partial charge is 0.330 e. The maximum Gasteiger partial charge on any atom is 0.0693 e. The highest BCUT2D eigenvalue weighted by Crippen LogP contribution is 2.11. The number of hydrogen-bond donors (Lipinski definition) is 1. The number of rotatable bonds is 3. The summed E-state index contributed by atoms with van der Waals surface area (Å²) in [6, 6.07) is 6.18. The molecule has 0 amide bonds. The molecule has 0 unspecified atom stereocenters. The van der Waals surface area contributed by atoms with Gasteiger partial charge < -0.3 is 5.73 Å². The third-order valence-electron chi connectivity index (χ3n) is 2.17. The van der Waals surface area contributed by atoms with Crippen LogP contribution in [0, 0.1) is 0 Å². The van der Waals surface area contributed by atoms with Crippen molar-refractivity contribution in [3.8, 4) is 0 Å². The van der Waals surface area contributed by atoms with E-state index in [4.69, 9.17) is 5.73 Å². The normalized spacial score (nSPS) is 10.8. The van der Waals surface area contributed by atoms with Crippen molar-refractivity contribution in [3.63, 3.8) is 0 Å². The number of aryl methyl sites for hydroxylation is 1. The highest BCUT2D eigenvalue weighted by Gasteiger charge is 1.99. The van der Waals surface area contributed by atoms with Crippen LogP contribution in [-0.4, -0.2) is 16.2 Å². The minimum absolute atomic E-state index is 0.745. The van der Waals surface area contributed by atoms with Gasteiger partial charge in [0, 0.05) is 12.4 Å². The van der Waals surface area contributed by atoms with Gasteiger partial charge >= 0.3 is 0 Å². The van der Waals surface area contributed by atoms with Crippen LogP contribution in [0.15, 0.2) is 30.6 Å². The predicted molar refractivity (Wildman–Crippen MR) is 52.6 cm³/mol. The number of nitrogens with zero attached hydrogens (tertiary/aromatic N) is 2. The fraction of sp³-hybridized carbons (Fsp3) is 0.300. The predicted octanol–water partition coefficient (Wildman–Crippen LogP) is 1.23. The van der Waals surface area contributed by atoms with E-state index < -0.39 is 0 Å². The molecule has 2 N–H and O–H groups in total. The summed E-state index contributed by atoms with van der Waals surface area (Å²) in [7, 11) is 0. The third kappa shape index (κ3) is 1.55. The van der Waals surface area contributed by atoms with E-state index in [1.165, 1.54) is 11.1 Å². The first-order valence-electron chi connectivity index (χ1n) is 4.53. The van der Waals surface area contributed by atoms with Gasteiger partial charge in [-0.2, -0.15) is 5.10 Å². The summed E-state index contributed by atoms with van der Waals surface area (Å²) < 4.78 is 1.89. The van der Waals surface area contributed by atoms with Crippen molar-refractivity contribution >= 4 is 5.52 Å². The first-order valence-corrected chi connectivity index (χ1v) is 4.53. The molecule has 3 heteroatoms. The van der Waals surface area contributed by atoms with Crippen molar-refractivity contribution in [2.75, 3.05) is 6.54 Å². The summed E-state index contributed by atoms with van der Waals surface area (Å²) >= 11 is 0. The second-order valence-corrected chi connectivity index (χ2v) is 3.09. The molecule has 2 aromatic rings. The molecule has 2 aromatic heterocycles. The molecule has 0 saturated heterocycles. The molecule has 0 aliphatic heterocycles. The Hall–Kier alpha value is -1.35. The fourth-order valence-electron chi connectivity index (χ4n) is 1.52. The molecule has 13 heavy (non-hydrogen) atoms.